The van der Waals surface area contributed by atoms with Crippen LogP contribution >= 0.6 is 0 Å². The van der Waals surface area contributed by atoms with Gasteiger partial charge in [-0.1, -0.05) is 208 Å². The SMILES string of the molecule is C=Cc1cccc(N(c2ccc(-c3ccc4c(c3)c3cc5c(cc3n4-c3ccccc3)C(c3ccccc3C)(c3ccccc3C)c3ccccc3-5)cc2)c2cccc3c2-c2ccccc2C3(C)C)c1-c1ccccc1C. The van der Waals surface area contributed by atoms with Gasteiger partial charge in [0, 0.05) is 38.7 Å². The third-order valence-electron chi connectivity index (χ3n) is 17.3. The summed E-state index contributed by atoms with van der Waals surface area (Å²) in [7, 11) is 0. The summed E-state index contributed by atoms with van der Waals surface area (Å²) < 4.78 is 2.49. The molecule has 14 rings (SSSR count). The zero-order valence-electron chi connectivity index (χ0n) is 44.3. The van der Waals surface area contributed by atoms with E-state index in [-0.39, 0.29) is 5.41 Å². The van der Waals surface area contributed by atoms with Crippen molar-refractivity contribution < 1.29 is 0 Å². The van der Waals surface area contributed by atoms with Crippen molar-refractivity contribution in [3.63, 3.8) is 0 Å². The van der Waals surface area contributed by atoms with Gasteiger partial charge in [-0.25, -0.2) is 0 Å². The molecule has 0 amide bonds. The molecule has 2 nitrogen and oxygen atoms in total. The number of aryl methyl sites for hydroxylation is 3. The number of benzene rings is 11. The van der Waals surface area contributed by atoms with Crippen molar-refractivity contribution in [2.75, 3.05) is 4.90 Å². The minimum Gasteiger partial charge on any atom is -0.309 e. The number of aromatic nitrogens is 1. The fraction of sp³-hybridized carbons (Fsp3) is 0.0933. The predicted octanol–water partition coefficient (Wildman–Crippen LogP) is 19.8. The van der Waals surface area contributed by atoms with Gasteiger partial charge in [0.05, 0.1) is 27.8 Å². The predicted molar refractivity (Wildman–Crippen MR) is 326 cm³/mol. The summed E-state index contributed by atoms with van der Waals surface area (Å²) in [6, 6.07) is 90.7. The Balaban J connectivity index is 0.980. The fourth-order valence-electron chi connectivity index (χ4n) is 13.7. The number of hydrogen-bond acceptors (Lipinski definition) is 1. The number of rotatable bonds is 9. The van der Waals surface area contributed by atoms with Gasteiger partial charge in [-0.15, -0.1) is 0 Å². The molecule has 12 aromatic rings. The highest BCUT2D eigenvalue weighted by Gasteiger charge is 2.48. The topological polar surface area (TPSA) is 8.17 Å². The van der Waals surface area contributed by atoms with E-state index >= 15 is 0 Å². The summed E-state index contributed by atoms with van der Waals surface area (Å²) in [5.41, 5.74) is 28.8. The Kier molecular flexibility index (Phi) is 10.6. The van der Waals surface area contributed by atoms with Crippen LogP contribution in [0.25, 0.3) is 78.1 Å². The molecule has 2 aliphatic carbocycles. The second kappa shape index (κ2) is 17.7. The van der Waals surface area contributed by atoms with Crippen LogP contribution in [-0.2, 0) is 10.8 Å². The van der Waals surface area contributed by atoms with Gasteiger partial charge in [-0.05, 0) is 170 Å². The Morgan fingerprint density at radius 3 is 1.61 bits per heavy atom. The third-order valence-corrected chi connectivity index (χ3v) is 17.3. The smallest absolute Gasteiger partial charge is 0.0719 e. The van der Waals surface area contributed by atoms with Gasteiger partial charge in [0.15, 0.2) is 0 Å². The molecule has 1 heterocycles. The van der Waals surface area contributed by atoms with Crippen LogP contribution in [0.1, 0.15) is 69.5 Å². The first-order valence-corrected chi connectivity index (χ1v) is 27.0. The summed E-state index contributed by atoms with van der Waals surface area (Å²) >= 11 is 0. The number of para-hydroxylation sites is 1. The minimum absolute atomic E-state index is 0.157. The molecule has 0 spiro atoms. The third kappa shape index (κ3) is 6.81. The quantitative estimate of drug-likeness (QED) is 0.140. The first-order chi connectivity index (χ1) is 37.7. The van der Waals surface area contributed by atoms with Crippen LogP contribution in [-0.4, -0.2) is 4.57 Å². The van der Waals surface area contributed by atoms with Crippen LogP contribution in [0.3, 0.4) is 0 Å². The van der Waals surface area contributed by atoms with E-state index in [0.717, 1.165) is 39.4 Å². The zero-order chi connectivity index (χ0) is 52.2. The lowest BCUT2D eigenvalue weighted by Crippen LogP contribution is -2.30. The van der Waals surface area contributed by atoms with E-state index in [1.54, 1.807) is 0 Å². The summed E-state index contributed by atoms with van der Waals surface area (Å²) in [5.74, 6) is 0. The molecule has 0 saturated heterocycles. The van der Waals surface area contributed by atoms with Gasteiger partial charge in [0.1, 0.15) is 0 Å². The lowest BCUT2D eigenvalue weighted by molar-refractivity contribution is 0.660. The average Bonchev–Trinajstić information content (AvgIpc) is 4.20. The molecule has 0 aliphatic heterocycles. The van der Waals surface area contributed by atoms with Gasteiger partial charge in [-0.3, -0.25) is 0 Å². The first kappa shape index (κ1) is 46.3. The molecule has 0 radical (unpaired) electrons. The van der Waals surface area contributed by atoms with Crippen LogP contribution in [0.15, 0.2) is 249 Å². The standard InChI is InChI=1S/C75H58N2/c1-7-51-26-21-37-69(72(51)56-29-14-11-23-48(56)2)77(70-38-22-36-66-73(70)58-31-16-19-34-64(58)74(66,5)6)55-42-39-52(40-43-55)53-41-44-68-60(45-53)61-46-59-57-30-15-20-35-65(57)75(62-32-17-12-24-49(62)3,63-33-18-13-25-50(63)4)67(59)47-71(61)76(68)54-27-9-8-10-28-54/h7-47H,1H2,2-6H3. The number of fused-ring (bicyclic) bond motifs is 9. The van der Waals surface area contributed by atoms with E-state index in [2.05, 4.69) is 293 Å². The Morgan fingerprint density at radius 2 is 0.935 bits per heavy atom. The lowest BCUT2D eigenvalue weighted by Gasteiger charge is -2.36. The molecular formula is C75H58N2. The molecule has 0 bridgehead atoms. The molecule has 2 aliphatic rings. The van der Waals surface area contributed by atoms with E-state index in [0.29, 0.717) is 0 Å². The molecule has 2 heteroatoms. The Hall–Kier alpha value is -9.24. The van der Waals surface area contributed by atoms with Crippen molar-refractivity contribution in [2.24, 2.45) is 0 Å². The molecule has 1 aromatic heterocycles. The van der Waals surface area contributed by atoms with E-state index in [9.17, 15) is 0 Å². The highest BCUT2D eigenvalue weighted by Crippen LogP contribution is 2.59. The van der Waals surface area contributed by atoms with Gasteiger partial charge < -0.3 is 9.47 Å². The second-order valence-electron chi connectivity index (χ2n) is 21.8. The number of nitrogens with zero attached hydrogens (tertiary/aromatic N) is 2. The van der Waals surface area contributed by atoms with Crippen molar-refractivity contribution >= 4 is 44.9 Å². The molecule has 0 atom stereocenters. The zero-order valence-corrected chi connectivity index (χ0v) is 44.3. The first-order valence-electron chi connectivity index (χ1n) is 27.0. The van der Waals surface area contributed by atoms with Gasteiger partial charge in [0.25, 0.3) is 0 Å². The molecule has 0 saturated carbocycles. The van der Waals surface area contributed by atoms with Crippen molar-refractivity contribution in [3.8, 4) is 50.2 Å². The summed E-state index contributed by atoms with van der Waals surface area (Å²) in [6.07, 6.45) is 2.00. The maximum atomic E-state index is 4.35. The summed E-state index contributed by atoms with van der Waals surface area (Å²) in [5, 5.41) is 2.46. The summed E-state index contributed by atoms with van der Waals surface area (Å²) in [4.78, 5) is 2.50. The fourth-order valence-corrected chi connectivity index (χ4v) is 13.7. The average molecular weight is 987 g/mol. The van der Waals surface area contributed by atoms with Gasteiger partial charge in [-0.2, -0.15) is 0 Å². The van der Waals surface area contributed by atoms with Gasteiger partial charge in [0.2, 0.25) is 0 Å². The molecule has 368 valence electrons. The Bertz CT molecular complexity index is 4310. The van der Waals surface area contributed by atoms with E-state index < -0.39 is 5.41 Å². The molecule has 0 unspecified atom stereocenters. The number of anilines is 3. The van der Waals surface area contributed by atoms with Crippen LogP contribution < -0.4 is 4.90 Å². The molecule has 0 N–H and O–H groups in total. The molecule has 11 aromatic carbocycles. The Morgan fingerprint density at radius 1 is 0.390 bits per heavy atom. The maximum absolute atomic E-state index is 4.35. The number of hydrogen-bond donors (Lipinski definition) is 0. The second-order valence-corrected chi connectivity index (χ2v) is 21.8. The van der Waals surface area contributed by atoms with Crippen LogP contribution in [0.4, 0.5) is 17.1 Å². The molecular weight excluding hydrogens is 929 g/mol. The molecule has 77 heavy (non-hydrogen) atoms. The maximum Gasteiger partial charge on any atom is 0.0719 e. The van der Waals surface area contributed by atoms with Crippen LogP contribution in [0.5, 0.6) is 0 Å². The van der Waals surface area contributed by atoms with E-state index in [1.807, 2.05) is 6.08 Å². The Labute approximate surface area is 452 Å². The molecule has 0 fully saturated rings. The highest BCUT2D eigenvalue weighted by molar-refractivity contribution is 6.13. The largest absolute Gasteiger partial charge is 0.309 e. The van der Waals surface area contributed by atoms with Crippen molar-refractivity contribution in [2.45, 2.75) is 45.4 Å². The van der Waals surface area contributed by atoms with E-state index in [4.69, 9.17) is 0 Å². The van der Waals surface area contributed by atoms with E-state index in [1.165, 1.54) is 105 Å². The lowest BCUT2D eigenvalue weighted by atomic mass is 9.65. The van der Waals surface area contributed by atoms with Crippen LogP contribution in [0.2, 0.25) is 0 Å². The summed E-state index contributed by atoms with van der Waals surface area (Å²) in [6.45, 7) is 15.8. The van der Waals surface area contributed by atoms with Crippen molar-refractivity contribution in [1.29, 1.82) is 0 Å². The van der Waals surface area contributed by atoms with Crippen LogP contribution in [0, 0.1) is 20.8 Å². The van der Waals surface area contributed by atoms with Gasteiger partial charge >= 0.3 is 0 Å². The highest BCUT2D eigenvalue weighted by atomic mass is 15.1. The van der Waals surface area contributed by atoms with Crippen molar-refractivity contribution in [3.05, 3.63) is 305 Å². The minimum atomic E-state index is -0.525. The monoisotopic (exact) mass is 986 g/mol. The van der Waals surface area contributed by atoms with Crippen molar-refractivity contribution in [1.82, 2.24) is 4.57 Å². The normalized spacial score (nSPS) is 13.5.